The Bertz CT molecular complexity index is 864. The van der Waals surface area contributed by atoms with Gasteiger partial charge in [0.1, 0.15) is 0 Å². The Morgan fingerprint density at radius 1 is 1.08 bits per heavy atom. The predicted octanol–water partition coefficient (Wildman–Crippen LogP) is 3.48. The fourth-order valence-electron chi connectivity index (χ4n) is 2.96. The SMILES string of the molecule is O=C(CCS(=O)(=O)c1ccccc1Cl)N1CCCc2ccccc21. The third-order valence-corrected chi connectivity index (χ3v) is 6.38. The van der Waals surface area contributed by atoms with Crippen molar-refractivity contribution in [2.45, 2.75) is 24.2 Å². The van der Waals surface area contributed by atoms with Gasteiger partial charge in [0.05, 0.1) is 15.7 Å². The van der Waals surface area contributed by atoms with Crippen LogP contribution in [0.1, 0.15) is 18.4 Å². The van der Waals surface area contributed by atoms with E-state index in [0.29, 0.717) is 6.54 Å². The van der Waals surface area contributed by atoms with Crippen LogP contribution in [-0.2, 0) is 21.1 Å². The van der Waals surface area contributed by atoms with Gasteiger partial charge in [-0.2, -0.15) is 0 Å². The van der Waals surface area contributed by atoms with Crippen molar-refractivity contribution >= 4 is 33.0 Å². The fourth-order valence-corrected chi connectivity index (χ4v) is 4.76. The Morgan fingerprint density at radius 3 is 2.58 bits per heavy atom. The van der Waals surface area contributed by atoms with Crippen LogP contribution in [0.3, 0.4) is 0 Å². The highest BCUT2D eigenvalue weighted by Gasteiger charge is 2.25. The molecule has 1 aliphatic rings. The molecular formula is C18H18ClNO3S. The van der Waals surface area contributed by atoms with Crippen molar-refractivity contribution in [2.75, 3.05) is 17.2 Å². The summed E-state index contributed by atoms with van der Waals surface area (Å²) in [6, 6.07) is 14.1. The highest BCUT2D eigenvalue weighted by molar-refractivity contribution is 7.91. The van der Waals surface area contributed by atoms with Gasteiger partial charge in [0, 0.05) is 18.7 Å². The predicted molar refractivity (Wildman–Crippen MR) is 95.2 cm³/mol. The summed E-state index contributed by atoms with van der Waals surface area (Å²) in [6.45, 7) is 0.627. The van der Waals surface area contributed by atoms with Crippen molar-refractivity contribution in [1.82, 2.24) is 0 Å². The van der Waals surface area contributed by atoms with Gasteiger partial charge >= 0.3 is 0 Å². The molecule has 0 saturated carbocycles. The number of sulfone groups is 1. The molecule has 2 aromatic carbocycles. The Morgan fingerprint density at radius 2 is 1.79 bits per heavy atom. The number of anilines is 1. The van der Waals surface area contributed by atoms with Crippen molar-refractivity contribution in [3.63, 3.8) is 0 Å². The van der Waals surface area contributed by atoms with Gasteiger partial charge < -0.3 is 4.90 Å². The van der Waals surface area contributed by atoms with Crippen LogP contribution in [0, 0.1) is 0 Å². The molecule has 0 saturated heterocycles. The summed E-state index contributed by atoms with van der Waals surface area (Å²) in [5.74, 6) is -0.411. The van der Waals surface area contributed by atoms with E-state index in [1.165, 1.54) is 12.1 Å². The molecule has 24 heavy (non-hydrogen) atoms. The molecule has 1 amide bonds. The minimum absolute atomic E-state index is 0.0537. The number of hydrogen-bond acceptors (Lipinski definition) is 3. The third-order valence-electron chi connectivity index (χ3n) is 4.17. The highest BCUT2D eigenvalue weighted by Crippen LogP contribution is 2.28. The van der Waals surface area contributed by atoms with Crippen molar-refractivity contribution < 1.29 is 13.2 Å². The standard InChI is InChI=1S/C18H18ClNO3S/c19-15-8-2-4-10-17(15)24(22,23)13-11-18(21)20-12-5-7-14-6-1-3-9-16(14)20/h1-4,6,8-10H,5,7,11-13H2. The number of rotatable bonds is 4. The quantitative estimate of drug-likeness (QED) is 0.835. The molecule has 0 bridgehead atoms. The molecule has 1 heterocycles. The lowest BCUT2D eigenvalue weighted by molar-refractivity contribution is -0.118. The second-order valence-corrected chi connectivity index (χ2v) is 8.26. The number of para-hydroxylation sites is 1. The number of benzene rings is 2. The summed E-state index contributed by atoms with van der Waals surface area (Å²) in [5.41, 5.74) is 2.02. The minimum Gasteiger partial charge on any atom is -0.312 e. The van der Waals surface area contributed by atoms with Crippen LogP contribution in [0.5, 0.6) is 0 Å². The Kier molecular flexibility index (Phi) is 4.92. The van der Waals surface area contributed by atoms with Gasteiger partial charge in [-0.25, -0.2) is 8.42 Å². The van der Waals surface area contributed by atoms with Crippen LogP contribution in [-0.4, -0.2) is 26.6 Å². The minimum atomic E-state index is -3.58. The van der Waals surface area contributed by atoms with Crippen LogP contribution in [0.4, 0.5) is 5.69 Å². The van der Waals surface area contributed by atoms with E-state index in [-0.39, 0.29) is 28.0 Å². The summed E-state index contributed by atoms with van der Waals surface area (Å²) >= 11 is 5.97. The maximum absolute atomic E-state index is 12.6. The lowest BCUT2D eigenvalue weighted by Gasteiger charge is -2.29. The second-order valence-electron chi connectivity index (χ2n) is 5.78. The molecule has 126 valence electrons. The van der Waals surface area contributed by atoms with E-state index in [1.54, 1.807) is 17.0 Å². The lowest BCUT2D eigenvalue weighted by Crippen LogP contribution is -2.36. The van der Waals surface area contributed by atoms with Gasteiger partial charge in [-0.05, 0) is 36.6 Å². The maximum atomic E-state index is 12.6. The van der Waals surface area contributed by atoms with Gasteiger partial charge in [-0.3, -0.25) is 4.79 Å². The van der Waals surface area contributed by atoms with Gasteiger partial charge in [0.2, 0.25) is 5.91 Å². The molecule has 0 unspecified atom stereocenters. The molecule has 6 heteroatoms. The fraction of sp³-hybridized carbons (Fsp3) is 0.278. The van der Waals surface area contributed by atoms with Crippen LogP contribution < -0.4 is 4.90 Å². The maximum Gasteiger partial charge on any atom is 0.228 e. The first-order valence-corrected chi connectivity index (χ1v) is 9.87. The monoisotopic (exact) mass is 363 g/mol. The first-order valence-electron chi connectivity index (χ1n) is 7.84. The summed E-state index contributed by atoms with van der Waals surface area (Å²) < 4.78 is 24.9. The average Bonchev–Trinajstić information content (AvgIpc) is 2.59. The van der Waals surface area contributed by atoms with Crippen LogP contribution in [0.25, 0.3) is 0 Å². The molecule has 0 fully saturated rings. The van der Waals surface area contributed by atoms with Crippen molar-refractivity contribution in [1.29, 1.82) is 0 Å². The van der Waals surface area contributed by atoms with E-state index < -0.39 is 9.84 Å². The first-order chi connectivity index (χ1) is 11.5. The van der Waals surface area contributed by atoms with Crippen LogP contribution in [0.2, 0.25) is 5.02 Å². The highest BCUT2D eigenvalue weighted by atomic mass is 35.5. The number of nitrogens with zero attached hydrogens (tertiary/aromatic N) is 1. The zero-order valence-corrected chi connectivity index (χ0v) is 14.7. The van der Waals surface area contributed by atoms with E-state index >= 15 is 0 Å². The smallest absolute Gasteiger partial charge is 0.228 e. The van der Waals surface area contributed by atoms with Crippen LogP contribution in [0.15, 0.2) is 53.4 Å². The number of hydrogen-bond donors (Lipinski definition) is 0. The summed E-state index contributed by atoms with van der Waals surface area (Å²) in [5, 5.41) is 0.188. The zero-order valence-electron chi connectivity index (χ0n) is 13.1. The second kappa shape index (κ2) is 6.95. The molecule has 0 radical (unpaired) electrons. The number of amides is 1. The topological polar surface area (TPSA) is 54.5 Å². The number of aryl methyl sites for hydroxylation is 1. The lowest BCUT2D eigenvalue weighted by atomic mass is 10.0. The molecule has 0 aliphatic carbocycles. The van der Waals surface area contributed by atoms with E-state index in [2.05, 4.69) is 0 Å². The molecule has 0 N–H and O–H groups in total. The van der Waals surface area contributed by atoms with E-state index in [9.17, 15) is 13.2 Å². The van der Waals surface area contributed by atoms with Gasteiger partial charge in [0.15, 0.2) is 9.84 Å². The van der Waals surface area contributed by atoms with E-state index in [0.717, 1.165) is 24.1 Å². The van der Waals surface area contributed by atoms with Gasteiger partial charge in [-0.15, -0.1) is 0 Å². The normalized spacial score (nSPS) is 14.3. The molecule has 1 aliphatic heterocycles. The Hall–Kier alpha value is -1.85. The summed E-state index contributed by atoms with van der Waals surface area (Å²) in [4.78, 5) is 14.3. The number of carbonyl (C=O) groups excluding carboxylic acids is 1. The number of carbonyl (C=O) groups is 1. The van der Waals surface area contributed by atoms with E-state index in [1.807, 2.05) is 24.3 Å². The molecule has 0 atom stereocenters. The summed E-state index contributed by atoms with van der Waals surface area (Å²) in [7, 11) is -3.58. The molecule has 2 aromatic rings. The van der Waals surface area contributed by atoms with Crippen LogP contribution >= 0.6 is 11.6 Å². The average molecular weight is 364 g/mol. The molecule has 4 nitrogen and oxygen atoms in total. The molecular weight excluding hydrogens is 346 g/mol. The summed E-state index contributed by atoms with van der Waals surface area (Å²) in [6.07, 6.45) is 1.78. The Labute approximate surface area is 147 Å². The van der Waals surface area contributed by atoms with Gasteiger partial charge in [-0.1, -0.05) is 41.9 Å². The molecule has 0 aromatic heterocycles. The van der Waals surface area contributed by atoms with Crippen molar-refractivity contribution in [2.24, 2.45) is 0 Å². The van der Waals surface area contributed by atoms with Crippen molar-refractivity contribution in [3.8, 4) is 0 Å². The zero-order chi connectivity index (χ0) is 17.2. The molecule has 3 rings (SSSR count). The third kappa shape index (κ3) is 3.47. The van der Waals surface area contributed by atoms with E-state index in [4.69, 9.17) is 11.6 Å². The van der Waals surface area contributed by atoms with Crippen molar-refractivity contribution in [3.05, 3.63) is 59.1 Å². The largest absolute Gasteiger partial charge is 0.312 e. The Balaban J connectivity index is 1.74. The number of halogens is 1. The molecule has 0 spiro atoms. The number of fused-ring (bicyclic) bond motifs is 1. The first kappa shape index (κ1) is 17.0. The van der Waals surface area contributed by atoms with Gasteiger partial charge in [0.25, 0.3) is 0 Å².